The van der Waals surface area contributed by atoms with Crippen molar-refractivity contribution in [3.63, 3.8) is 0 Å². The average Bonchev–Trinajstić information content (AvgIpc) is 2.35. The zero-order chi connectivity index (χ0) is 13.0. The maximum Gasteiger partial charge on any atom is 0.170 e. The summed E-state index contributed by atoms with van der Waals surface area (Å²) in [6.45, 7) is 0.798. The Kier molecular flexibility index (Phi) is 4.04. The van der Waals surface area contributed by atoms with E-state index < -0.39 is 0 Å². The molecule has 0 spiro atoms. The van der Waals surface area contributed by atoms with Crippen molar-refractivity contribution in [2.24, 2.45) is 10.9 Å². The Morgan fingerprint density at radius 3 is 2.44 bits per heavy atom. The minimum Gasteiger partial charge on any atom is -0.409 e. The Labute approximate surface area is 107 Å². The highest BCUT2D eigenvalue weighted by Crippen LogP contribution is 2.29. The summed E-state index contributed by atoms with van der Waals surface area (Å²) in [5.74, 6) is 0.110. The first kappa shape index (κ1) is 12.7. The van der Waals surface area contributed by atoms with Gasteiger partial charge in [-0.05, 0) is 43.5 Å². The van der Waals surface area contributed by atoms with Crippen LogP contribution in [0.25, 0.3) is 0 Å². The van der Waals surface area contributed by atoms with Crippen LogP contribution in [-0.4, -0.2) is 35.3 Å². The van der Waals surface area contributed by atoms with Crippen molar-refractivity contribution in [2.75, 3.05) is 18.1 Å². The fourth-order valence-electron chi connectivity index (χ4n) is 2.21. The standard InChI is InChI=1S/C13H19N3O2/c14-13(15-18)10-4-6-12(7-5-10)16(8-9-17)11-2-1-3-11/h4-7,11,17-18H,1-3,8-9H2,(H2,14,15). The van der Waals surface area contributed by atoms with E-state index >= 15 is 0 Å². The van der Waals surface area contributed by atoms with Crippen LogP contribution in [-0.2, 0) is 0 Å². The van der Waals surface area contributed by atoms with Crippen molar-refractivity contribution in [3.05, 3.63) is 29.8 Å². The third-order valence-electron chi connectivity index (χ3n) is 3.46. The Morgan fingerprint density at radius 1 is 1.33 bits per heavy atom. The highest BCUT2D eigenvalue weighted by molar-refractivity contribution is 5.97. The third-order valence-corrected chi connectivity index (χ3v) is 3.46. The molecule has 0 bridgehead atoms. The van der Waals surface area contributed by atoms with Crippen molar-refractivity contribution in [3.8, 4) is 0 Å². The molecule has 1 aromatic carbocycles. The zero-order valence-electron chi connectivity index (χ0n) is 10.3. The first-order valence-corrected chi connectivity index (χ1v) is 6.21. The van der Waals surface area contributed by atoms with E-state index in [1.54, 1.807) is 0 Å². The van der Waals surface area contributed by atoms with E-state index in [0.29, 0.717) is 18.2 Å². The summed E-state index contributed by atoms with van der Waals surface area (Å²) in [6.07, 6.45) is 3.62. The van der Waals surface area contributed by atoms with Crippen molar-refractivity contribution in [1.82, 2.24) is 0 Å². The van der Waals surface area contributed by atoms with Crippen LogP contribution in [0.15, 0.2) is 29.4 Å². The van der Waals surface area contributed by atoms with E-state index in [9.17, 15) is 0 Å². The Hall–Kier alpha value is -1.75. The molecule has 0 amide bonds. The molecule has 1 aliphatic carbocycles. The maximum atomic E-state index is 9.13. The van der Waals surface area contributed by atoms with Gasteiger partial charge in [0.25, 0.3) is 0 Å². The summed E-state index contributed by atoms with van der Waals surface area (Å²) >= 11 is 0. The highest BCUT2D eigenvalue weighted by atomic mass is 16.4. The molecule has 2 rings (SSSR count). The fourth-order valence-corrected chi connectivity index (χ4v) is 2.21. The number of hydrogen-bond donors (Lipinski definition) is 3. The van der Waals surface area contributed by atoms with Gasteiger partial charge in [0, 0.05) is 23.8 Å². The number of hydrogen-bond acceptors (Lipinski definition) is 4. The van der Waals surface area contributed by atoms with Gasteiger partial charge < -0.3 is 20.9 Å². The second-order valence-corrected chi connectivity index (χ2v) is 4.53. The lowest BCUT2D eigenvalue weighted by Gasteiger charge is -2.39. The van der Waals surface area contributed by atoms with Gasteiger partial charge in [0.15, 0.2) is 5.84 Å². The summed E-state index contributed by atoms with van der Waals surface area (Å²) in [7, 11) is 0. The quantitative estimate of drug-likeness (QED) is 0.316. The van der Waals surface area contributed by atoms with Gasteiger partial charge in [-0.25, -0.2) is 0 Å². The molecule has 18 heavy (non-hydrogen) atoms. The largest absolute Gasteiger partial charge is 0.409 e. The predicted octanol–water partition coefficient (Wildman–Crippen LogP) is 1.13. The number of aliphatic hydroxyl groups is 1. The number of oxime groups is 1. The van der Waals surface area contributed by atoms with Crippen LogP contribution in [0.3, 0.4) is 0 Å². The summed E-state index contributed by atoms with van der Waals surface area (Å²) in [5.41, 5.74) is 7.29. The van der Waals surface area contributed by atoms with Crippen molar-refractivity contribution < 1.29 is 10.3 Å². The van der Waals surface area contributed by atoms with Crippen LogP contribution in [0.4, 0.5) is 5.69 Å². The summed E-state index contributed by atoms with van der Waals surface area (Å²) in [6, 6.07) is 8.08. The number of amidine groups is 1. The lowest BCUT2D eigenvalue weighted by atomic mass is 9.91. The molecule has 0 aromatic heterocycles. The molecular weight excluding hydrogens is 230 g/mol. The lowest BCUT2D eigenvalue weighted by molar-refractivity contribution is 0.283. The van der Waals surface area contributed by atoms with E-state index in [1.165, 1.54) is 19.3 Å². The van der Waals surface area contributed by atoms with Gasteiger partial charge in [-0.1, -0.05) is 5.16 Å². The fraction of sp³-hybridized carbons (Fsp3) is 0.462. The first-order valence-electron chi connectivity index (χ1n) is 6.21. The number of rotatable bonds is 5. The van der Waals surface area contributed by atoms with Gasteiger partial charge in [-0.3, -0.25) is 0 Å². The third kappa shape index (κ3) is 2.56. The van der Waals surface area contributed by atoms with E-state index in [1.807, 2.05) is 24.3 Å². The molecule has 4 N–H and O–H groups in total. The molecule has 5 heteroatoms. The average molecular weight is 249 g/mol. The summed E-state index contributed by atoms with van der Waals surface area (Å²) in [5, 5.41) is 20.7. The number of nitrogens with zero attached hydrogens (tertiary/aromatic N) is 2. The van der Waals surface area contributed by atoms with Gasteiger partial charge in [0.1, 0.15) is 0 Å². The molecule has 0 radical (unpaired) electrons. The Morgan fingerprint density at radius 2 is 2.00 bits per heavy atom. The summed E-state index contributed by atoms with van der Waals surface area (Å²) < 4.78 is 0. The van der Waals surface area contributed by atoms with Gasteiger partial charge in [-0.15, -0.1) is 0 Å². The number of aliphatic hydroxyl groups excluding tert-OH is 1. The second kappa shape index (κ2) is 5.73. The molecule has 98 valence electrons. The highest BCUT2D eigenvalue weighted by Gasteiger charge is 2.24. The summed E-state index contributed by atoms with van der Waals surface area (Å²) in [4.78, 5) is 2.22. The van der Waals surface area contributed by atoms with E-state index in [4.69, 9.17) is 16.0 Å². The zero-order valence-corrected chi connectivity index (χ0v) is 10.3. The Balaban J connectivity index is 2.15. The van der Waals surface area contributed by atoms with Gasteiger partial charge in [-0.2, -0.15) is 0 Å². The molecule has 1 aromatic rings. The SMILES string of the molecule is N/C(=N/O)c1ccc(N(CCO)C2CCC2)cc1. The number of nitrogens with two attached hydrogens (primary N) is 1. The molecule has 1 aliphatic rings. The number of benzene rings is 1. The lowest BCUT2D eigenvalue weighted by Crippen LogP contribution is -2.41. The molecule has 0 unspecified atom stereocenters. The number of anilines is 1. The topological polar surface area (TPSA) is 82.1 Å². The molecule has 0 aliphatic heterocycles. The predicted molar refractivity (Wildman–Crippen MR) is 71.0 cm³/mol. The van der Waals surface area contributed by atoms with Crippen molar-refractivity contribution in [1.29, 1.82) is 0 Å². The van der Waals surface area contributed by atoms with Crippen LogP contribution < -0.4 is 10.6 Å². The van der Waals surface area contributed by atoms with Gasteiger partial charge >= 0.3 is 0 Å². The van der Waals surface area contributed by atoms with Gasteiger partial charge in [0.05, 0.1) is 6.61 Å². The van der Waals surface area contributed by atoms with Crippen molar-refractivity contribution >= 4 is 11.5 Å². The molecule has 1 saturated carbocycles. The van der Waals surface area contributed by atoms with Gasteiger partial charge in [0.2, 0.25) is 0 Å². The second-order valence-electron chi connectivity index (χ2n) is 4.53. The molecule has 0 saturated heterocycles. The molecule has 1 fully saturated rings. The van der Waals surface area contributed by atoms with Crippen LogP contribution in [0.2, 0.25) is 0 Å². The normalized spacial score (nSPS) is 16.4. The molecule has 0 heterocycles. The van der Waals surface area contributed by atoms with E-state index in [-0.39, 0.29) is 12.4 Å². The maximum absolute atomic E-state index is 9.13. The van der Waals surface area contributed by atoms with Crippen LogP contribution in [0, 0.1) is 0 Å². The first-order chi connectivity index (χ1) is 8.76. The molecule has 5 nitrogen and oxygen atoms in total. The molecular formula is C13H19N3O2. The van der Waals surface area contributed by atoms with Crippen molar-refractivity contribution in [2.45, 2.75) is 25.3 Å². The monoisotopic (exact) mass is 249 g/mol. The van der Waals surface area contributed by atoms with Crippen LogP contribution in [0.5, 0.6) is 0 Å². The molecule has 0 atom stereocenters. The Bertz CT molecular complexity index is 413. The minimum atomic E-state index is 0.110. The van der Waals surface area contributed by atoms with Crippen LogP contribution >= 0.6 is 0 Å². The van der Waals surface area contributed by atoms with E-state index in [0.717, 1.165) is 5.69 Å². The minimum absolute atomic E-state index is 0.110. The van der Waals surface area contributed by atoms with E-state index in [2.05, 4.69) is 10.1 Å². The smallest absolute Gasteiger partial charge is 0.170 e. The van der Waals surface area contributed by atoms with Crippen LogP contribution in [0.1, 0.15) is 24.8 Å².